The first-order chi connectivity index (χ1) is 15.3. The van der Waals surface area contributed by atoms with Crippen LogP contribution in [0.5, 0.6) is 5.88 Å². The number of hydrogen-bond acceptors (Lipinski definition) is 6. The molecule has 2 saturated carbocycles. The number of hydrogen-bond donors (Lipinski definition) is 3. The first-order valence-corrected chi connectivity index (χ1v) is 11.3. The molecule has 2 saturated heterocycles. The van der Waals surface area contributed by atoms with Gasteiger partial charge in [0, 0.05) is 29.1 Å². The molecule has 2 aliphatic carbocycles. The van der Waals surface area contributed by atoms with Crippen molar-refractivity contribution in [2.75, 3.05) is 19.8 Å². The number of nitrogens with zero attached hydrogens (tertiary/aromatic N) is 2. The SMILES string of the molecule is NC12CCC(CCc3c(F)cnc4ccc(OCC5(CNC(=O)O)CC5)nc34)(CC1)OC2. The average Bonchev–Trinajstić information content (AvgIpc) is 3.57. The molecule has 4 heterocycles. The summed E-state index contributed by atoms with van der Waals surface area (Å²) in [5, 5.41) is 11.3. The Labute approximate surface area is 185 Å². The highest BCUT2D eigenvalue weighted by molar-refractivity contribution is 5.78. The van der Waals surface area contributed by atoms with E-state index >= 15 is 0 Å². The molecule has 0 spiro atoms. The first kappa shape index (κ1) is 21.3. The van der Waals surface area contributed by atoms with Crippen LogP contribution in [0.15, 0.2) is 18.3 Å². The van der Waals surface area contributed by atoms with E-state index in [1.807, 2.05) is 0 Å². The van der Waals surface area contributed by atoms with Crippen LogP contribution in [0.25, 0.3) is 11.0 Å². The summed E-state index contributed by atoms with van der Waals surface area (Å²) >= 11 is 0. The van der Waals surface area contributed by atoms with Crippen LogP contribution in [0.4, 0.5) is 9.18 Å². The van der Waals surface area contributed by atoms with Crippen molar-refractivity contribution < 1.29 is 23.8 Å². The molecule has 4 aliphatic rings. The van der Waals surface area contributed by atoms with Crippen LogP contribution in [-0.4, -0.2) is 52.1 Å². The first-order valence-electron chi connectivity index (χ1n) is 11.3. The number of aryl methyl sites for hydroxylation is 1. The minimum Gasteiger partial charge on any atom is -0.477 e. The summed E-state index contributed by atoms with van der Waals surface area (Å²) in [4.78, 5) is 19.5. The Hall–Kier alpha value is -2.52. The fourth-order valence-electron chi connectivity index (χ4n) is 4.90. The molecule has 2 aromatic heterocycles. The monoisotopic (exact) mass is 444 g/mol. The number of amides is 1. The number of nitrogens with one attached hydrogen (secondary N) is 1. The standard InChI is InChI=1S/C23H29FN4O4/c24-16-11-26-17-1-2-18(31-13-21(5-6-21)12-27-20(29)30)28-19(17)15(16)3-4-23-9-7-22(25,8-10-23)14-32-23/h1-2,11,27H,3-10,12-14,25H2,(H,29,30). The van der Waals surface area contributed by atoms with Gasteiger partial charge in [0.25, 0.3) is 0 Å². The van der Waals surface area contributed by atoms with Gasteiger partial charge >= 0.3 is 6.09 Å². The van der Waals surface area contributed by atoms with Gasteiger partial charge in [-0.15, -0.1) is 0 Å². The molecule has 9 heteroatoms. The third-order valence-electron chi connectivity index (χ3n) is 7.49. The fourth-order valence-corrected chi connectivity index (χ4v) is 4.90. The molecule has 2 aromatic rings. The van der Waals surface area contributed by atoms with E-state index in [0.717, 1.165) is 44.9 Å². The minimum absolute atomic E-state index is 0.186. The lowest BCUT2D eigenvalue weighted by molar-refractivity contribution is -0.156. The zero-order valence-electron chi connectivity index (χ0n) is 18.0. The molecule has 0 radical (unpaired) electrons. The Morgan fingerprint density at radius 2 is 2.03 bits per heavy atom. The molecule has 2 bridgehead atoms. The molecule has 4 fully saturated rings. The maximum atomic E-state index is 14.8. The summed E-state index contributed by atoms with van der Waals surface area (Å²) < 4.78 is 26.8. The van der Waals surface area contributed by atoms with E-state index < -0.39 is 6.09 Å². The number of rotatable bonds is 8. The second-order valence-electron chi connectivity index (χ2n) is 9.88. The summed E-state index contributed by atoms with van der Waals surface area (Å²) in [6.07, 6.45) is 6.93. The van der Waals surface area contributed by atoms with Gasteiger partial charge in [0.1, 0.15) is 5.82 Å². The molecule has 4 N–H and O–H groups in total. The van der Waals surface area contributed by atoms with Crippen molar-refractivity contribution >= 4 is 17.1 Å². The normalized spacial score (nSPS) is 27.9. The number of halogens is 1. The highest BCUT2D eigenvalue weighted by atomic mass is 19.1. The van der Waals surface area contributed by atoms with Crippen LogP contribution in [0.3, 0.4) is 0 Å². The Morgan fingerprint density at radius 3 is 2.69 bits per heavy atom. The Morgan fingerprint density at radius 1 is 1.25 bits per heavy atom. The maximum absolute atomic E-state index is 14.8. The van der Waals surface area contributed by atoms with Gasteiger partial charge in [-0.05, 0) is 57.4 Å². The molecule has 8 nitrogen and oxygen atoms in total. The summed E-state index contributed by atoms with van der Waals surface area (Å²) in [6.45, 7) is 1.28. The van der Waals surface area contributed by atoms with Crippen LogP contribution in [0.1, 0.15) is 50.5 Å². The predicted octanol–water partition coefficient (Wildman–Crippen LogP) is 3.17. The fraction of sp³-hybridized carbons (Fsp3) is 0.609. The van der Waals surface area contributed by atoms with E-state index in [-0.39, 0.29) is 22.4 Å². The largest absolute Gasteiger partial charge is 0.477 e. The number of aromatic nitrogens is 2. The van der Waals surface area contributed by atoms with Crippen LogP contribution >= 0.6 is 0 Å². The highest BCUT2D eigenvalue weighted by Gasteiger charge is 2.47. The van der Waals surface area contributed by atoms with Crippen LogP contribution in [0.2, 0.25) is 0 Å². The van der Waals surface area contributed by atoms with Crippen molar-refractivity contribution in [2.45, 2.75) is 62.5 Å². The smallest absolute Gasteiger partial charge is 0.404 e. The number of nitrogens with two attached hydrogens (primary N) is 1. The van der Waals surface area contributed by atoms with Crippen molar-refractivity contribution in [2.24, 2.45) is 11.1 Å². The number of ether oxygens (including phenoxy) is 2. The highest BCUT2D eigenvalue weighted by Crippen LogP contribution is 2.46. The van der Waals surface area contributed by atoms with Gasteiger partial charge in [-0.1, -0.05) is 0 Å². The minimum atomic E-state index is -1.04. The molecular formula is C23H29FN4O4. The lowest BCUT2D eigenvalue weighted by atomic mass is 9.70. The van der Waals surface area contributed by atoms with Gasteiger partial charge in [0.2, 0.25) is 5.88 Å². The number of fused-ring (bicyclic) bond motifs is 4. The molecule has 0 atom stereocenters. The molecular weight excluding hydrogens is 415 g/mol. The van der Waals surface area contributed by atoms with E-state index in [4.69, 9.17) is 20.3 Å². The molecule has 1 amide bonds. The maximum Gasteiger partial charge on any atom is 0.404 e. The van der Waals surface area contributed by atoms with Crippen LogP contribution < -0.4 is 15.8 Å². The summed E-state index contributed by atoms with van der Waals surface area (Å²) in [5.41, 5.74) is 7.37. The quantitative estimate of drug-likeness (QED) is 0.572. The van der Waals surface area contributed by atoms with E-state index in [1.54, 1.807) is 12.1 Å². The van der Waals surface area contributed by atoms with Crippen molar-refractivity contribution in [3.63, 3.8) is 0 Å². The van der Waals surface area contributed by atoms with Gasteiger partial charge in [-0.2, -0.15) is 0 Å². The van der Waals surface area contributed by atoms with Crippen molar-refractivity contribution in [1.82, 2.24) is 15.3 Å². The van der Waals surface area contributed by atoms with Gasteiger partial charge in [0.05, 0.1) is 36.0 Å². The Balaban J connectivity index is 1.31. The summed E-state index contributed by atoms with van der Waals surface area (Å²) in [5.74, 6) is 0.0214. The predicted molar refractivity (Wildman–Crippen MR) is 115 cm³/mol. The number of pyridine rings is 2. The third-order valence-corrected chi connectivity index (χ3v) is 7.49. The molecule has 0 aromatic carbocycles. The van der Waals surface area contributed by atoms with E-state index in [0.29, 0.717) is 48.7 Å². The molecule has 2 aliphatic heterocycles. The molecule has 0 unspecified atom stereocenters. The molecule has 172 valence electrons. The molecule has 6 rings (SSSR count). The lowest BCUT2D eigenvalue weighted by Gasteiger charge is -2.51. The van der Waals surface area contributed by atoms with Crippen molar-refractivity contribution in [3.8, 4) is 5.88 Å². The Kier molecular flexibility index (Phi) is 5.21. The van der Waals surface area contributed by atoms with E-state index in [9.17, 15) is 9.18 Å². The summed E-state index contributed by atoms with van der Waals surface area (Å²) in [6, 6.07) is 3.51. The molecule has 32 heavy (non-hydrogen) atoms. The van der Waals surface area contributed by atoms with Gasteiger partial charge in [0.15, 0.2) is 0 Å². The topological polar surface area (TPSA) is 120 Å². The van der Waals surface area contributed by atoms with Gasteiger partial charge in [-0.25, -0.2) is 14.2 Å². The van der Waals surface area contributed by atoms with E-state index in [2.05, 4.69) is 15.3 Å². The van der Waals surface area contributed by atoms with Crippen LogP contribution in [-0.2, 0) is 11.2 Å². The number of carboxylic acid groups (broad SMARTS) is 1. The zero-order valence-corrected chi connectivity index (χ0v) is 18.0. The van der Waals surface area contributed by atoms with Crippen molar-refractivity contribution in [1.29, 1.82) is 0 Å². The lowest BCUT2D eigenvalue weighted by Crippen LogP contribution is -2.59. The van der Waals surface area contributed by atoms with Crippen LogP contribution in [0, 0.1) is 11.2 Å². The van der Waals surface area contributed by atoms with Crippen molar-refractivity contribution in [3.05, 3.63) is 29.7 Å². The second kappa shape index (κ2) is 7.81. The summed E-state index contributed by atoms with van der Waals surface area (Å²) in [7, 11) is 0. The third kappa shape index (κ3) is 4.23. The number of carbonyl (C=O) groups is 1. The average molecular weight is 445 g/mol. The van der Waals surface area contributed by atoms with Gasteiger partial charge < -0.3 is 25.6 Å². The zero-order chi connectivity index (χ0) is 22.4. The van der Waals surface area contributed by atoms with Gasteiger partial charge in [-0.3, -0.25) is 4.98 Å². The Bertz CT molecular complexity index is 1020. The van der Waals surface area contributed by atoms with E-state index in [1.165, 1.54) is 6.20 Å². The second-order valence-corrected chi connectivity index (χ2v) is 9.88.